The molecule has 2 fully saturated rings. The van der Waals surface area contributed by atoms with Gasteiger partial charge in [-0.2, -0.15) is 0 Å². The van der Waals surface area contributed by atoms with Crippen molar-refractivity contribution in [1.82, 2.24) is 20.1 Å². The number of hydrogen-bond donors (Lipinski definition) is 2. The van der Waals surface area contributed by atoms with Crippen molar-refractivity contribution in [3.63, 3.8) is 0 Å². The zero-order valence-electron chi connectivity index (χ0n) is 18.9. The van der Waals surface area contributed by atoms with Crippen LogP contribution in [-0.4, -0.2) is 71.9 Å². The van der Waals surface area contributed by atoms with Crippen molar-refractivity contribution in [2.24, 2.45) is 0 Å². The summed E-state index contributed by atoms with van der Waals surface area (Å²) in [7, 11) is 0. The van der Waals surface area contributed by atoms with E-state index in [1.54, 1.807) is 0 Å². The molecule has 2 N–H and O–H groups in total. The number of rotatable bonds is 9. The number of hydrogen-bond acceptors (Lipinski definition) is 5. The molecular weight excluding hydrogens is 424 g/mol. The fraction of sp³-hybridized carbons (Fsp3) is 0.583. The second kappa shape index (κ2) is 11.1. The first kappa shape index (κ1) is 23.0. The van der Waals surface area contributed by atoms with Gasteiger partial charge < -0.3 is 29.6 Å². The van der Waals surface area contributed by atoms with Crippen LogP contribution >= 0.6 is 12.2 Å². The number of ether oxygens (including phenoxy) is 2. The third-order valence-corrected chi connectivity index (χ3v) is 6.64. The molecule has 32 heavy (non-hydrogen) atoms. The molecule has 8 heteroatoms. The van der Waals surface area contributed by atoms with E-state index in [9.17, 15) is 4.79 Å². The summed E-state index contributed by atoms with van der Waals surface area (Å²) in [5.74, 6) is 0.803. The van der Waals surface area contributed by atoms with Crippen LogP contribution in [0.2, 0.25) is 0 Å². The van der Waals surface area contributed by atoms with Gasteiger partial charge in [-0.15, -0.1) is 0 Å². The zero-order valence-corrected chi connectivity index (χ0v) is 19.7. The first-order valence-corrected chi connectivity index (χ1v) is 12.2. The van der Waals surface area contributed by atoms with Crippen LogP contribution in [0.4, 0.5) is 0 Å². The van der Waals surface area contributed by atoms with Crippen molar-refractivity contribution in [1.29, 1.82) is 0 Å². The molecule has 2 aliphatic rings. The quantitative estimate of drug-likeness (QED) is 0.560. The molecule has 7 nitrogen and oxygen atoms in total. The molecule has 4 rings (SSSR count). The lowest BCUT2D eigenvalue weighted by atomic mass is 10.1. The Morgan fingerprint density at radius 1 is 1.31 bits per heavy atom. The summed E-state index contributed by atoms with van der Waals surface area (Å²) in [6.07, 6.45) is 4.90. The largest absolute Gasteiger partial charge is 0.494 e. The number of pyridine rings is 1. The van der Waals surface area contributed by atoms with Crippen LogP contribution in [0.1, 0.15) is 38.2 Å². The molecule has 0 unspecified atom stereocenters. The topological polar surface area (TPSA) is 69.8 Å². The molecule has 174 valence electrons. The maximum Gasteiger partial charge on any atom is 0.253 e. The van der Waals surface area contributed by atoms with E-state index < -0.39 is 0 Å². The molecule has 2 saturated heterocycles. The Morgan fingerprint density at radius 3 is 2.91 bits per heavy atom. The van der Waals surface area contributed by atoms with E-state index in [1.807, 2.05) is 31.2 Å². The highest BCUT2D eigenvalue weighted by Gasteiger charge is 2.20. The maximum absolute atomic E-state index is 12.8. The molecular formula is C24H34N4O3S. The number of fused-ring (bicyclic) bond motifs is 1. The Kier molecular flexibility index (Phi) is 8.00. The fourth-order valence-electron chi connectivity index (χ4n) is 4.45. The molecule has 0 radical (unpaired) electrons. The van der Waals surface area contributed by atoms with Crippen LogP contribution in [0.3, 0.4) is 0 Å². The molecule has 1 aromatic carbocycles. The predicted octanol–water partition coefficient (Wildman–Crippen LogP) is 2.88. The van der Waals surface area contributed by atoms with Crippen LogP contribution in [0.25, 0.3) is 10.9 Å². The number of nitrogens with one attached hydrogen (secondary N) is 2. The van der Waals surface area contributed by atoms with Gasteiger partial charge >= 0.3 is 0 Å². The molecule has 0 aliphatic carbocycles. The Bertz CT molecular complexity index is 967. The summed E-state index contributed by atoms with van der Waals surface area (Å²) in [6.45, 7) is 8.59. The number of aromatic nitrogens is 1. The number of thiocarbonyl (C=S) groups is 1. The van der Waals surface area contributed by atoms with Crippen molar-refractivity contribution in [3.8, 4) is 5.75 Å². The van der Waals surface area contributed by atoms with Crippen molar-refractivity contribution in [3.05, 3.63) is 40.2 Å². The molecule has 0 spiro atoms. The van der Waals surface area contributed by atoms with Gasteiger partial charge in [-0.3, -0.25) is 4.79 Å². The Hall–Kier alpha value is -2.16. The average molecular weight is 459 g/mol. The van der Waals surface area contributed by atoms with E-state index in [0.717, 1.165) is 62.3 Å². The second-order valence-corrected chi connectivity index (χ2v) is 8.98. The third-order valence-electron chi connectivity index (χ3n) is 6.24. The molecule has 3 heterocycles. The first-order chi connectivity index (χ1) is 15.6. The van der Waals surface area contributed by atoms with Crippen LogP contribution in [0.5, 0.6) is 5.75 Å². The van der Waals surface area contributed by atoms with Crippen LogP contribution < -0.4 is 15.6 Å². The lowest BCUT2D eigenvalue weighted by Crippen LogP contribution is -2.45. The van der Waals surface area contributed by atoms with Gasteiger partial charge in [0.05, 0.1) is 19.3 Å². The van der Waals surface area contributed by atoms with Crippen LogP contribution in [0, 0.1) is 0 Å². The summed E-state index contributed by atoms with van der Waals surface area (Å²) >= 11 is 5.75. The van der Waals surface area contributed by atoms with Gasteiger partial charge in [0.25, 0.3) is 5.56 Å². The normalized spacial score (nSPS) is 18.8. The van der Waals surface area contributed by atoms with Gasteiger partial charge in [0, 0.05) is 42.7 Å². The summed E-state index contributed by atoms with van der Waals surface area (Å²) in [4.78, 5) is 20.4. The Labute approximate surface area is 195 Å². The molecule has 2 aromatic rings. The molecule has 1 aromatic heterocycles. The SMILES string of the molecule is CCOc1ccc2[nH]c(=O)c(CN(CCN3CCCC3)C(=S)NC[C@H]3CCCO3)cc2c1. The standard InChI is InChI=1S/C24H34N4O3S/c1-2-30-20-7-8-22-18(15-20)14-19(23(29)26-22)17-28(12-11-27-9-3-4-10-27)24(32)25-16-21-6-5-13-31-21/h7-8,14-15,21H,2-6,9-13,16-17H2,1H3,(H,25,32)(H,26,29)/t21-/m1/s1. The lowest BCUT2D eigenvalue weighted by molar-refractivity contribution is 0.113. The van der Waals surface area contributed by atoms with Gasteiger partial charge in [0.15, 0.2) is 5.11 Å². The molecule has 1 atom stereocenters. The highest BCUT2D eigenvalue weighted by molar-refractivity contribution is 7.80. The number of nitrogens with zero attached hydrogens (tertiary/aromatic N) is 2. The predicted molar refractivity (Wildman–Crippen MR) is 131 cm³/mol. The fourth-order valence-corrected chi connectivity index (χ4v) is 4.69. The van der Waals surface area contributed by atoms with Crippen LogP contribution in [-0.2, 0) is 11.3 Å². The van der Waals surface area contributed by atoms with E-state index in [2.05, 4.69) is 20.1 Å². The average Bonchev–Trinajstić information content (AvgIpc) is 3.50. The van der Waals surface area contributed by atoms with Gasteiger partial charge in [-0.1, -0.05) is 0 Å². The summed E-state index contributed by atoms with van der Waals surface area (Å²) < 4.78 is 11.4. The minimum atomic E-state index is -0.0743. The smallest absolute Gasteiger partial charge is 0.253 e. The highest BCUT2D eigenvalue weighted by Crippen LogP contribution is 2.20. The van der Waals surface area contributed by atoms with E-state index >= 15 is 0 Å². The molecule has 0 amide bonds. The van der Waals surface area contributed by atoms with Gasteiger partial charge in [-0.05, 0) is 82.2 Å². The molecule has 0 saturated carbocycles. The zero-order chi connectivity index (χ0) is 22.3. The maximum atomic E-state index is 12.8. The highest BCUT2D eigenvalue weighted by atomic mass is 32.1. The Morgan fingerprint density at radius 2 is 2.16 bits per heavy atom. The van der Waals surface area contributed by atoms with E-state index in [0.29, 0.717) is 30.4 Å². The summed E-state index contributed by atoms with van der Waals surface area (Å²) in [5, 5.41) is 5.03. The summed E-state index contributed by atoms with van der Waals surface area (Å²) in [6, 6.07) is 7.71. The lowest BCUT2D eigenvalue weighted by Gasteiger charge is -2.28. The van der Waals surface area contributed by atoms with Crippen LogP contribution in [0.15, 0.2) is 29.1 Å². The van der Waals surface area contributed by atoms with Gasteiger partial charge in [-0.25, -0.2) is 0 Å². The van der Waals surface area contributed by atoms with Gasteiger partial charge in [0.2, 0.25) is 0 Å². The van der Waals surface area contributed by atoms with E-state index in [4.69, 9.17) is 21.7 Å². The number of likely N-dealkylation sites (tertiary alicyclic amines) is 1. The number of aromatic amines is 1. The third kappa shape index (κ3) is 5.99. The van der Waals surface area contributed by atoms with Crippen molar-refractivity contribution >= 4 is 28.2 Å². The summed E-state index contributed by atoms with van der Waals surface area (Å²) in [5.41, 5.74) is 1.44. The van der Waals surface area contributed by atoms with Gasteiger partial charge in [0.1, 0.15) is 5.75 Å². The second-order valence-electron chi connectivity index (χ2n) is 8.60. The number of benzene rings is 1. The minimum absolute atomic E-state index is 0.0743. The number of H-pyrrole nitrogens is 1. The monoisotopic (exact) mass is 458 g/mol. The van der Waals surface area contributed by atoms with E-state index in [-0.39, 0.29) is 11.7 Å². The van der Waals surface area contributed by atoms with Crippen molar-refractivity contribution in [2.45, 2.75) is 45.3 Å². The Balaban J connectivity index is 1.49. The van der Waals surface area contributed by atoms with Crippen molar-refractivity contribution in [2.75, 3.05) is 45.9 Å². The first-order valence-electron chi connectivity index (χ1n) is 11.8. The van der Waals surface area contributed by atoms with Crippen molar-refractivity contribution < 1.29 is 9.47 Å². The molecule has 2 aliphatic heterocycles. The van der Waals surface area contributed by atoms with E-state index in [1.165, 1.54) is 12.8 Å². The minimum Gasteiger partial charge on any atom is -0.494 e. The molecule has 0 bridgehead atoms.